The molecule has 0 bridgehead atoms. The third kappa shape index (κ3) is 17.8. The van der Waals surface area contributed by atoms with Gasteiger partial charge in [0.05, 0.1) is 0 Å². The SMILES string of the molecule is CCCCCCCCCCCCCCCC=C(OOC(C)(C)C)C(=O)O. The number of unbranched alkanes of at least 4 members (excludes halogenated alkanes) is 13. The maximum atomic E-state index is 11.1. The van der Waals surface area contributed by atoms with Crippen LogP contribution in [0.4, 0.5) is 0 Å². The smallest absolute Gasteiger partial charge is 0.375 e. The highest BCUT2D eigenvalue weighted by atomic mass is 17.2. The average Bonchev–Trinajstić information content (AvgIpc) is 2.56. The molecule has 0 aliphatic heterocycles. The summed E-state index contributed by atoms with van der Waals surface area (Å²) >= 11 is 0. The summed E-state index contributed by atoms with van der Waals surface area (Å²) in [5, 5.41) is 9.10. The van der Waals surface area contributed by atoms with Gasteiger partial charge < -0.3 is 9.99 Å². The second-order valence-corrected chi connectivity index (χ2v) is 8.18. The number of aliphatic carboxylic acids is 1. The fourth-order valence-electron chi connectivity index (χ4n) is 2.72. The van der Waals surface area contributed by atoms with Crippen molar-refractivity contribution in [3.05, 3.63) is 11.8 Å². The molecule has 0 aliphatic rings. The van der Waals surface area contributed by atoms with E-state index in [1.165, 1.54) is 70.6 Å². The predicted octanol–water partition coefficient (Wildman–Crippen LogP) is 7.18. The van der Waals surface area contributed by atoms with E-state index in [9.17, 15) is 4.79 Å². The Labute approximate surface area is 161 Å². The first-order chi connectivity index (χ1) is 12.4. The molecule has 0 radical (unpaired) electrons. The van der Waals surface area contributed by atoms with Crippen LogP contribution in [-0.4, -0.2) is 16.7 Å². The molecule has 154 valence electrons. The summed E-state index contributed by atoms with van der Waals surface area (Å²) in [6.07, 6.45) is 19.4. The van der Waals surface area contributed by atoms with Crippen molar-refractivity contribution in [2.75, 3.05) is 0 Å². The molecule has 0 spiro atoms. The molecule has 4 nitrogen and oxygen atoms in total. The Morgan fingerprint density at radius 3 is 1.62 bits per heavy atom. The van der Waals surface area contributed by atoms with Gasteiger partial charge in [0.15, 0.2) is 0 Å². The molecule has 0 fully saturated rings. The van der Waals surface area contributed by atoms with E-state index in [0.29, 0.717) is 6.42 Å². The minimum Gasteiger partial charge on any atom is -0.475 e. The average molecular weight is 371 g/mol. The van der Waals surface area contributed by atoms with Gasteiger partial charge in [0.2, 0.25) is 5.76 Å². The van der Waals surface area contributed by atoms with Crippen molar-refractivity contribution in [1.82, 2.24) is 0 Å². The van der Waals surface area contributed by atoms with Crippen LogP contribution in [-0.2, 0) is 14.6 Å². The van der Waals surface area contributed by atoms with Gasteiger partial charge in [0, 0.05) is 0 Å². The Balaban J connectivity index is 3.54. The summed E-state index contributed by atoms with van der Waals surface area (Å²) in [6.45, 7) is 7.72. The van der Waals surface area contributed by atoms with Crippen molar-refractivity contribution >= 4 is 5.97 Å². The molecule has 0 aromatic carbocycles. The van der Waals surface area contributed by atoms with Crippen LogP contribution in [0.3, 0.4) is 0 Å². The minimum absolute atomic E-state index is 0.112. The lowest BCUT2D eigenvalue weighted by Crippen LogP contribution is -2.20. The van der Waals surface area contributed by atoms with Crippen molar-refractivity contribution in [3.8, 4) is 0 Å². The third-order valence-electron chi connectivity index (χ3n) is 4.23. The number of carboxylic acids is 1. The number of allylic oxidation sites excluding steroid dienone is 1. The van der Waals surface area contributed by atoms with Gasteiger partial charge >= 0.3 is 5.97 Å². The van der Waals surface area contributed by atoms with Crippen LogP contribution in [0.2, 0.25) is 0 Å². The summed E-state index contributed by atoms with van der Waals surface area (Å²) in [4.78, 5) is 21.1. The van der Waals surface area contributed by atoms with Gasteiger partial charge in [-0.15, -0.1) is 0 Å². The van der Waals surface area contributed by atoms with E-state index in [1.807, 2.05) is 20.8 Å². The van der Waals surface area contributed by atoms with Gasteiger partial charge in [-0.3, -0.25) is 0 Å². The Hall–Kier alpha value is -1.03. The summed E-state index contributed by atoms with van der Waals surface area (Å²) in [5.41, 5.74) is -0.524. The fourth-order valence-corrected chi connectivity index (χ4v) is 2.72. The standard InChI is InChI=1S/C22H42O4/c1-5-6-7-8-9-10-11-12-13-14-15-16-17-18-19-20(21(23)24)25-26-22(2,3)4/h19H,5-18H2,1-4H3,(H,23,24). The summed E-state index contributed by atoms with van der Waals surface area (Å²) in [7, 11) is 0. The molecule has 0 amide bonds. The van der Waals surface area contributed by atoms with Crippen LogP contribution in [0.1, 0.15) is 118 Å². The van der Waals surface area contributed by atoms with Crippen LogP contribution in [0, 0.1) is 0 Å². The first kappa shape index (κ1) is 25.0. The quantitative estimate of drug-likeness (QED) is 0.0968. The monoisotopic (exact) mass is 370 g/mol. The van der Waals surface area contributed by atoms with E-state index in [-0.39, 0.29) is 5.76 Å². The van der Waals surface area contributed by atoms with Crippen LogP contribution < -0.4 is 0 Å². The number of carboxylic acid groups (broad SMARTS) is 1. The van der Waals surface area contributed by atoms with Crippen molar-refractivity contribution in [2.24, 2.45) is 0 Å². The molecule has 0 atom stereocenters. The minimum atomic E-state index is -1.08. The van der Waals surface area contributed by atoms with E-state index in [4.69, 9.17) is 14.9 Å². The topological polar surface area (TPSA) is 55.8 Å². The van der Waals surface area contributed by atoms with Crippen LogP contribution >= 0.6 is 0 Å². The zero-order valence-electron chi connectivity index (χ0n) is 17.6. The van der Waals surface area contributed by atoms with Gasteiger partial charge in [0.1, 0.15) is 5.60 Å². The summed E-state index contributed by atoms with van der Waals surface area (Å²) in [6, 6.07) is 0. The summed E-state index contributed by atoms with van der Waals surface area (Å²) in [5.74, 6) is -1.19. The number of hydrogen-bond donors (Lipinski definition) is 1. The fraction of sp³-hybridized carbons (Fsp3) is 0.864. The Bertz CT molecular complexity index is 369. The highest BCUT2D eigenvalue weighted by molar-refractivity contribution is 5.83. The maximum absolute atomic E-state index is 11.1. The lowest BCUT2D eigenvalue weighted by Gasteiger charge is -2.17. The van der Waals surface area contributed by atoms with Gasteiger partial charge in [-0.25, -0.2) is 4.79 Å². The first-order valence-electron chi connectivity index (χ1n) is 10.7. The number of rotatable bonds is 17. The summed E-state index contributed by atoms with van der Waals surface area (Å²) < 4.78 is 0. The van der Waals surface area contributed by atoms with Crippen LogP contribution in [0.15, 0.2) is 11.8 Å². The zero-order chi connectivity index (χ0) is 19.7. The van der Waals surface area contributed by atoms with Crippen molar-refractivity contribution in [3.63, 3.8) is 0 Å². The lowest BCUT2D eigenvalue weighted by atomic mass is 10.0. The molecule has 0 heterocycles. The Morgan fingerprint density at radius 1 is 0.808 bits per heavy atom. The van der Waals surface area contributed by atoms with Gasteiger partial charge in [-0.05, 0) is 39.7 Å². The maximum Gasteiger partial charge on any atom is 0.375 e. The molecule has 0 unspecified atom stereocenters. The van der Waals surface area contributed by atoms with Crippen LogP contribution in [0.5, 0.6) is 0 Å². The van der Waals surface area contributed by atoms with E-state index in [1.54, 1.807) is 6.08 Å². The molecule has 4 heteroatoms. The molecule has 0 saturated heterocycles. The third-order valence-corrected chi connectivity index (χ3v) is 4.23. The number of carbonyl (C=O) groups is 1. The second kappa shape index (κ2) is 16.2. The first-order valence-corrected chi connectivity index (χ1v) is 10.7. The lowest BCUT2D eigenvalue weighted by molar-refractivity contribution is -0.320. The van der Waals surface area contributed by atoms with E-state index in [2.05, 4.69) is 6.92 Å². The Kier molecular flexibility index (Phi) is 15.5. The molecule has 0 aromatic heterocycles. The second-order valence-electron chi connectivity index (χ2n) is 8.18. The van der Waals surface area contributed by atoms with Crippen LogP contribution in [0.25, 0.3) is 0 Å². The highest BCUT2D eigenvalue weighted by Gasteiger charge is 2.17. The van der Waals surface area contributed by atoms with Gasteiger partial charge in [-0.2, -0.15) is 4.89 Å². The van der Waals surface area contributed by atoms with Gasteiger partial charge in [0.25, 0.3) is 0 Å². The molecule has 0 saturated carbocycles. The Morgan fingerprint density at radius 2 is 1.23 bits per heavy atom. The molecule has 0 rings (SSSR count). The molecular weight excluding hydrogens is 328 g/mol. The zero-order valence-corrected chi connectivity index (χ0v) is 17.6. The molecular formula is C22H42O4. The molecule has 1 N–H and O–H groups in total. The van der Waals surface area contributed by atoms with E-state index < -0.39 is 11.6 Å². The van der Waals surface area contributed by atoms with E-state index in [0.717, 1.165) is 12.8 Å². The predicted molar refractivity (Wildman–Crippen MR) is 108 cm³/mol. The van der Waals surface area contributed by atoms with Crippen molar-refractivity contribution < 1.29 is 19.7 Å². The highest BCUT2D eigenvalue weighted by Crippen LogP contribution is 2.15. The van der Waals surface area contributed by atoms with Crippen molar-refractivity contribution in [2.45, 2.75) is 123 Å². The van der Waals surface area contributed by atoms with Crippen molar-refractivity contribution in [1.29, 1.82) is 0 Å². The van der Waals surface area contributed by atoms with E-state index >= 15 is 0 Å². The van der Waals surface area contributed by atoms with Gasteiger partial charge in [-0.1, -0.05) is 84.0 Å². The normalized spacial score (nSPS) is 12.4. The molecule has 0 aromatic rings. The molecule has 26 heavy (non-hydrogen) atoms. The molecule has 0 aliphatic carbocycles. The number of hydrogen-bond acceptors (Lipinski definition) is 3. The largest absolute Gasteiger partial charge is 0.475 e.